The molecule has 0 saturated carbocycles. The van der Waals surface area contributed by atoms with Gasteiger partial charge in [0.1, 0.15) is 5.75 Å². The molecule has 0 aromatic heterocycles. The van der Waals surface area contributed by atoms with Crippen molar-refractivity contribution in [2.75, 3.05) is 29.1 Å². The van der Waals surface area contributed by atoms with Crippen LogP contribution in [0.15, 0.2) is 72.8 Å². The Bertz CT molecular complexity index is 1010. The van der Waals surface area contributed by atoms with Crippen LogP contribution in [0.1, 0.15) is 29.3 Å². The van der Waals surface area contributed by atoms with Crippen molar-refractivity contribution in [2.45, 2.75) is 20.3 Å². The number of nitrogens with one attached hydrogen (secondary N) is 3. The second-order valence-electron chi connectivity index (χ2n) is 7.18. The highest BCUT2D eigenvalue weighted by Crippen LogP contribution is 2.17. The number of anilines is 3. The summed E-state index contributed by atoms with van der Waals surface area (Å²) in [6.45, 7) is 4.80. The lowest BCUT2D eigenvalue weighted by Crippen LogP contribution is -2.21. The number of aryl methyl sites for hydroxylation is 1. The van der Waals surface area contributed by atoms with Crippen LogP contribution in [-0.2, 0) is 4.79 Å². The summed E-state index contributed by atoms with van der Waals surface area (Å²) in [6, 6.07) is 22.0. The van der Waals surface area contributed by atoms with Crippen molar-refractivity contribution in [1.82, 2.24) is 0 Å². The average Bonchev–Trinajstić information content (AvgIpc) is 2.78. The summed E-state index contributed by atoms with van der Waals surface area (Å²) in [7, 11) is 0. The molecular formula is C25H27N3O3. The van der Waals surface area contributed by atoms with Gasteiger partial charge in [0, 0.05) is 22.6 Å². The Morgan fingerprint density at radius 3 is 2.16 bits per heavy atom. The zero-order valence-corrected chi connectivity index (χ0v) is 17.8. The van der Waals surface area contributed by atoms with Gasteiger partial charge in [-0.3, -0.25) is 9.59 Å². The highest BCUT2D eigenvalue weighted by molar-refractivity contribution is 6.04. The molecule has 6 nitrogen and oxygen atoms in total. The molecule has 3 rings (SSSR count). The Morgan fingerprint density at radius 1 is 0.839 bits per heavy atom. The third-order valence-corrected chi connectivity index (χ3v) is 4.49. The second-order valence-corrected chi connectivity index (χ2v) is 7.18. The van der Waals surface area contributed by atoms with Gasteiger partial charge in [0.05, 0.1) is 13.2 Å². The van der Waals surface area contributed by atoms with E-state index in [1.54, 1.807) is 18.2 Å². The molecule has 6 heteroatoms. The van der Waals surface area contributed by atoms with E-state index in [1.165, 1.54) is 0 Å². The van der Waals surface area contributed by atoms with E-state index in [-0.39, 0.29) is 18.4 Å². The standard InChI is InChI=1S/C25H27N3O3/c1-3-15-31-23-13-11-21(12-14-23)27-24(29)17-26-20-7-9-22(10-8-20)28-25(30)19-6-4-5-18(2)16-19/h4-14,16,26H,3,15,17H2,1-2H3,(H,27,29)(H,28,30). The lowest BCUT2D eigenvalue weighted by atomic mass is 10.1. The molecule has 0 fully saturated rings. The molecule has 0 heterocycles. The van der Waals surface area contributed by atoms with Crippen molar-refractivity contribution in [3.63, 3.8) is 0 Å². The van der Waals surface area contributed by atoms with Crippen LogP contribution in [-0.4, -0.2) is 25.0 Å². The molecule has 0 atom stereocenters. The maximum Gasteiger partial charge on any atom is 0.255 e. The minimum absolute atomic E-state index is 0.128. The lowest BCUT2D eigenvalue weighted by molar-refractivity contribution is -0.114. The van der Waals surface area contributed by atoms with Crippen LogP contribution in [0.4, 0.5) is 17.1 Å². The Kier molecular flexibility index (Phi) is 7.65. The van der Waals surface area contributed by atoms with Crippen LogP contribution in [0, 0.1) is 6.92 Å². The Balaban J connectivity index is 1.46. The molecule has 3 N–H and O–H groups in total. The third kappa shape index (κ3) is 6.89. The van der Waals surface area contributed by atoms with Crippen LogP contribution < -0.4 is 20.7 Å². The molecule has 160 valence electrons. The van der Waals surface area contributed by atoms with Crippen LogP contribution >= 0.6 is 0 Å². The summed E-state index contributed by atoms with van der Waals surface area (Å²) >= 11 is 0. The van der Waals surface area contributed by atoms with Gasteiger partial charge < -0.3 is 20.7 Å². The van der Waals surface area contributed by atoms with E-state index in [0.29, 0.717) is 23.5 Å². The highest BCUT2D eigenvalue weighted by atomic mass is 16.5. The molecule has 0 aliphatic rings. The van der Waals surface area contributed by atoms with Gasteiger partial charge >= 0.3 is 0 Å². The molecule has 31 heavy (non-hydrogen) atoms. The first-order chi connectivity index (χ1) is 15.0. The Labute approximate surface area is 182 Å². The fourth-order valence-corrected chi connectivity index (χ4v) is 2.90. The minimum atomic E-state index is -0.158. The number of amides is 2. The van der Waals surface area contributed by atoms with Crippen molar-refractivity contribution in [1.29, 1.82) is 0 Å². The molecular weight excluding hydrogens is 390 g/mol. The third-order valence-electron chi connectivity index (χ3n) is 4.49. The monoisotopic (exact) mass is 417 g/mol. The van der Waals surface area contributed by atoms with Gasteiger partial charge in [0.25, 0.3) is 5.91 Å². The summed E-state index contributed by atoms with van der Waals surface area (Å²) in [6.07, 6.45) is 0.949. The molecule has 0 unspecified atom stereocenters. The summed E-state index contributed by atoms with van der Waals surface area (Å²) in [5.74, 6) is 0.474. The van der Waals surface area contributed by atoms with Crippen LogP contribution in [0.5, 0.6) is 5.75 Å². The first-order valence-electron chi connectivity index (χ1n) is 10.3. The van der Waals surface area contributed by atoms with E-state index in [9.17, 15) is 9.59 Å². The fraction of sp³-hybridized carbons (Fsp3) is 0.200. The van der Waals surface area contributed by atoms with Crippen molar-refractivity contribution in [3.05, 3.63) is 83.9 Å². The molecule has 3 aromatic rings. The number of carbonyl (C=O) groups is 2. The van der Waals surface area contributed by atoms with Crippen LogP contribution in [0.2, 0.25) is 0 Å². The molecule has 0 saturated heterocycles. The number of ether oxygens (including phenoxy) is 1. The van der Waals surface area contributed by atoms with Gasteiger partial charge in [0.2, 0.25) is 5.91 Å². The summed E-state index contributed by atoms with van der Waals surface area (Å²) in [5.41, 5.74) is 3.83. The predicted octanol–water partition coefficient (Wildman–Crippen LogP) is 5.09. The molecule has 0 aliphatic carbocycles. The van der Waals surface area contributed by atoms with Crippen molar-refractivity contribution < 1.29 is 14.3 Å². The van der Waals surface area contributed by atoms with E-state index in [1.807, 2.05) is 61.5 Å². The average molecular weight is 418 g/mol. The summed E-state index contributed by atoms with van der Waals surface area (Å²) in [5, 5.41) is 8.79. The molecule has 0 spiro atoms. The van der Waals surface area contributed by atoms with Crippen LogP contribution in [0.3, 0.4) is 0 Å². The summed E-state index contributed by atoms with van der Waals surface area (Å²) < 4.78 is 5.53. The van der Waals surface area contributed by atoms with Crippen LogP contribution in [0.25, 0.3) is 0 Å². The Morgan fingerprint density at radius 2 is 1.48 bits per heavy atom. The topological polar surface area (TPSA) is 79.5 Å². The van der Waals surface area contributed by atoms with Crippen molar-refractivity contribution in [3.8, 4) is 5.75 Å². The molecule has 0 aliphatic heterocycles. The minimum Gasteiger partial charge on any atom is -0.494 e. The first-order valence-corrected chi connectivity index (χ1v) is 10.3. The number of hydrogen-bond acceptors (Lipinski definition) is 4. The zero-order chi connectivity index (χ0) is 22.1. The fourth-order valence-electron chi connectivity index (χ4n) is 2.90. The van der Waals surface area contributed by atoms with E-state index in [4.69, 9.17) is 4.74 Å². The maximum absolute atomic E-state index is 12.3. The quantitative estimate of drug-likeness (QED) is 0.453. The van der Waals surface area contributed by atoms with Gasteiger partial charge in [-0.15, -0.1) is 0 Å². The number of rotatable bonds is 9. The molecule has 2 amide bonds. The Hall–Kier alpha value is -3.80. The van der Waals surface area contributed by atoms with Gasteiger partial charge in [-0.1, -0.05) is 24.6 Å². The molecule has 0 bridgehead atoms. The normalized spacial score (nSPS) is 10.3. The van der Waals surface area contributed by atoms with E-state index in [2.05, 4.69) is 22.9 Å². The van der Waals surface area contributed by atoms with Crippen molar-refractivity contribution >= 4 is 28.9 Å². The lowest BCUT2D eigenvalue weighted by Gasteiger charge is -2.10. The SMILES string of the molecule is CCCOc1ccc(NC(=O)CNc2ccc(NC(=O)c3cccc(C)c3)cc2)cc1. The van der Waals surface area contributed by atoms with E-state index >= 15 is 0 Å². The largest absolute Gasteiger partial charge is 0.494 e. The summed E-state index contributed by atoms with van der Waals surface area (Å²) in [4.78, 5) is 24.5. The van der Waals surface area contributed by atoms with Crippen molar-refractivity contribution in [2.24, 2.45) is 0 Å². The molecule has 3 aromatic carbocycles. The number of benzene rings is 3. The molecule has 0 radical (unpaired) electrons. The maximum atomic E-state index is 12.3. The van der Waals surface area contributed by atoms with Gasteiger partial charge in [0.15, 0.2) is 0 Å². The number of carbonyl (C=O) groups excluding carboxylic acids is 2. The highest BCUT2D eigenvalue weighted by Gasteiger charge is 2.07. The van der Waals surface area contributed by atoms with E-state index < -0.39 is 0 Å². The number of hydrogen-bond donors (Lipinski definition) is 3. The first kappa shape index (κ1) is 21.9. The van der Waals surface area contributed by atoms with Gasteiger partial charge in [-0.05, 0) is 74.0 Å². The predicted molar refractivity (Wildman–Crippen MR) is 125 cm³/mol. The van der Waals surface area contributed by atoms with E-state index in [0.717, 1.165) is 23.4 Å². The second kappa shape index (κ2) is 10.8. The van der Waals surface area contributed by atoms with Gasteiger partial charge in [-0.2, -0.15) is 0 Å². The smallest absolute Gasteiger partial charge is 0.255 e. The van der Waals surface area contributed by atoms with Gasteiger partial charge in [-0.25, -0.2) is 0 Å². The zero-order valence-electron chi connectivity index (χ0n) is 17.8.